The third-order valence-electron chi connectivity index (χ3n) is 4.55. The maximum atomic E-state index is 13.2. The standard InChI is InChI=1S/C20H16FN3O7/c1-22(9-12-4-2-5-13(21)8-12)16(25)11-31-17(26)10-23-19(27)14-6-3-7-15(24(29)30)18(14)20(23)28/h2-8H,9-11H2,1H3. The van der Waals surface area contributed by atoms with Gasteiger partial charge in [-0.05, 0) is 23.8 Å². The molecule has 3 rings (SSSR count). The number of nitro benzene ring substituents is 1. The molecular weight excluding hydrogens is 413 g/mol. The average Bonchev–Trinajstić information content (AvgIpc) is 2.96. The van der Waals surface area contributed by atoms with E-state index in [4.69, 9.17) is 4.74 Å². The molecule has 0 atom stereocenters. The zero-order chi connectivity index (χ0) is 22.7. The Bertz CT molecular complexity index is 1100. The number of hydrogen-bond donors (Lipinski definition) is 0. The molecule has 160 valence electrons. The van der Waals surface area contributed by atoms with Crippen LogP contribution in [0.15, 0.2) is 42.5 Å². The lowest BCUT2D eigenvalue weighted by molar-refractivity contribution is -0.385. The third-order valence-corrected chi connectivity index (χ3v) is 4.55. The highest BCUT2D eigenvalue weighted by molar-refractivity contribution is 6.24. The predicted octanol–water partition coefficient (Wildman–Crippen LogP) is 1.53. The van der Waals surface area contributed by atoms with Crippen molar-refractivity contribution in [1.29, 1.82) is 0 Å². The van der Waals surface area contributed by atoms with Crippen LogP contribution in [-0.4, -0.2) is 58.6 Å². The van der Waals surface area contributed by atoms with Crippen LogP contribution in [0.3, 0.4) is 0 Å². The van der Waals surface area contributed by atoms with Gasteiger partial charge in [0.2, 0.25) is 0 Å². The minimum atomic E-state index is -1.04. The van der Waals surface area contributed by atoms with Gasteiger partial charge in [-0.15, -0.1) is 0 Å². The van der Waals surface area contributed by atoms with Crippen molar-refractivity contribution < 1.29 is 33.2 Å². The van der Waals surface area contributed by atoms with Gasteiger partial charge in [-0.3, -0.25) is 34.2 Å². The summed E-state index contributed by atoms with van der Waals surface area (Å²) in [5.74, 6) is -3.93. The van der Waals surface area contributed by atoms with Crippen LogP contribution < -0.4 is 0 Å². The largest absolute Gasteiger partial charge is 0.454 e. The SMILES string of the molecule is CN(Cc1cccc(F)c1)C(=O)COC(=O)CN1C(=O)c2cccc([N+](=O)[O-])c2C1=O. The number of benzene rings is 2. The molecule has 0 aromatic heterocycles. The molecule has 0 aliphatic carbocycles. The Balaban J connectivity index is 1.58. The van der Waals surface area contributed by atoms with Gasteiger partial charge < -0.3 is 9.64 Å². The number of hydrogen-bond acceptors (Lipinski definition) is 7. The van der Waals surface area contributed by atoms with Crippen molar-refractivity contribution in [3.63, 3.8) is 0 Å². The van der Waals surface area contributed by atoms with E-state index < -0.39 is 58.8 Å². The van der Waals surface area contributed by atoms with E-state index in [-0.39, 0.29) is 12.1 Å². The number of nitro groups is 1. The summed E-state index contributed by atoms with van der Waals surface area (Å²) in [5.41, 5.74) is -0.579. The topological polar surface area (TPSA) is 127 Å². The molecule has 1 aliphatic rings. The normalized spacial score (nSPS) is 12.5. The van der Waals surface area contributed by atoms with Crippen LogP contribution in [0.5, 0.6) is 0 Å². The van der Waals surface area contributed by atoms with E-state index in [1.807, 2.05) is 0 Å². The Labute approximate surface area is 175 Å². The summed E-state index contributed by atoms with van der Waals surface area (Å²) in [4.78, 5) is 61.0. The summed E-state index contributed by atoms with van der Waals surface area (Å²) in [7, 11) is 1.43. The van der Waals surface area contributed by atoms with Gasteiger partial charge in [0.1, 0.15) is 17.9 Å². The molecule has 0 bridgehead atoms. The number of likely N-dealkylation sites (N-methyl/N-ethyl adjacent to an activating group) is 1. The summed E-state index contributed by atoms with van der Waals surface area (Å²) in [6.07, 6.45) is 0. The van der Waals surface area contributed by atoms with Crippen molar-refractivity contribution >= 4 is 29.4 Å². The molecule has 0 unspecified atom stereocenters. The minimum Gasteiger partial charge on any atom is -0.454 e. The second-order valence-electron chi connectivity index (χ2n) is 6.69. The highest BCUT2D eigenvalue weighted by Crippen LogP contribution is 2.30. The molecule has 2 aromatic carbocycles. The number of ether oxygens (including phenoxy) is 1. The van der Waals surface area contributed by atoms with Crippen LogP contribution in [-0.2, 0) is 20.9 Å². The smallest absolute Gasteiger partial charge is 0.326 e. The Morgan fingerprint density at radius 2 is 1.87 bits per heavy atom. The Hall–Kier alpha value is -4.15. The van der Waals surface area contributed by atoms with E-state index in [0.717, 1.165) is 6.07 Å². The number of rotatable bonds is 7. The molecule has 0 N–H and O–H groups in total. The Morgan fingerprint density at radius 1 is 1.16 bits per heavy atom. The van der Waals surface area contributed by atoms with Crippen LogP contribution in [0.1, 0.15) is 26.3 Å². The lowest BCUT2D eigenvalue weighted by Gasteiger charge is -2.18. The van der Waals surface area contributed by atoms with E-state index in [0.29, 0.717) is 10.5 Å². The minimum absolute atomic E-state index is 0.0796. The number of halogens is 1. The average molecular weight is 429 g/mol. The number of carbonyl (C=O) groups excluding carboxylic acids is 4. The molecule has 2 aromatic rings. The van der Waals surface area contributed by atoms with Crippen LogP contribution in [0, 0.1) is 15.9 Å². The van der Waals surface area contributed by atoms with Gasteiger partial charge in [-0.1, -0.05) is 18.2 Å². The van der Waals surface area contributed by atoms with E-state index in [1.54, 1.807) is 6.07 Å². The number of fused-ring (bicyclic) bond motifs is 1. The second kappa shape index (κ2) is 8.69. The van der Waals surface area contributed by atoms with E-state index in [9.17, 15) is 33.7 Å². The first-order valence-electron chi connectivity index (χ1n) is 8.96. The fourth-order valence-corrected chi connectivity index (χ4v) is 3.04. The zero-order valence-corrected chi connectivity index (χ0v) is 16.2. The van der Waals surface area contributed by atoms with Gasteiger partial charge in [0, 0.05) is 19.7 Å². The number of imide groups is 1. The molecule has 0 saturated heterocycles. The first-order chi connectivity index (χ1) is 14.7. The van der Waals surface area contributed by atoms with Crippen molar-refractivity contribution in [2.75, 3.05) is 20.2 Å². The molecule has 31 heavy (non-hydrogen) atoms. The third kappa shape index (κ3) is 4.55. The van der Waals surface area contributed by atoms with E-state index >= 15 is 0 Å². The van der Waals surface area contributed by atoms with Crippen molar-refractivity contribution in [2.45, 2.75) is 6.54 Å². The lowest BCUT2D eigenvalue weighted by atomic mass is 10.1. The molecule has 11 heteroatoms. The monoisotopic (exact) mass is 429 g/mol. The summed E-state index contributed by atoms with van der Waals surface area (Å²) < 4.78 is 18.1. The predicted molar refractivity (Wildman–Crippen MR) is 102 cm³/mol. The van der Waals surface area contributed by atoms with Crippen LogP contribution in [0.2, 0.25) is 0 Å². The molecule has 0 radical (unpaired) electrons. The summed E-state index contributed by atoms with van der Waals surface area (Å²) in [6.45, 7) is -1.38. The van der Waals surface area contributed by atoms with Gasteiger partial charge in [0.25, 0.3) is 23.4 Å². The maximum Gasteiger partial charge on any atom is 0.326 e. The number of amides is 3. The zero-order valence-electron chi connectivity index (χ0n) is 16.2. The van der Waals surface area contributed by atoms with Crippen molar-refractivity contribution in [1.82, 2.24) is 9.80 Å². The van der Waals surface area contributed by atoms with Crippen LogP contribution in [0.4, 0.5) is 10.1 Å². The van der Waals surface area contributed by atoms with Gasteiger partial charge in [0.15, 0.2) is 6.61 Å². The molecule has 10 nitrogen and oxygen atoms in total. The van der Waals surface area contributed by atoms with E-state index in [2.05, 4.69) is 0 Å². The highest BCUT2D eigenvalue weighted by Gasteiger charge is 2.42. The second-order valence-corrected chi connectivity index (χ2v) is 6.69. The Kier molecular flexibility index (Phi) is 6.05. The van der Waals surface area contributed by atoms with Gasteiger partial charge in [-0.25, -0.2) is 4.39 Å². The van der Waals surface area contributed by atoms with Crippen molar-refractivity contribution in [2.24, 2.45) is 0 Å². The van der Waals surface area contributed by atoms with Crippen LogP contribution in [0.25, 0.3) is 0 Å². The molecule has 1 heterocycles. The molecule has 3 amide bonds. The summed E-state index contributed by atoms with van der Waals surface area (Å²) in [6, 6.07) is 9.24. The number of carbonyl (C=O) groups is 4. The van der Waals surface area contributed by atoms with E-state index in [1.165, 1.54) is 42.3 Å². The first-order valence-corrected chi connectivity index (χ1v) is 8.96. The first kappa shape index (κ1) is 21.6. The lowest BCUT2D eigenvalue weighted by Crippen LogP contribution is -2.37. The molecule has 0 fully saturated rings. The Morgan fingerprint density at radius 3 is 2.55 bits per heavy atom. The maximum absolute atomic E-state index is 13.2. The van der Waals surface area contributed by atoms with Crippen LogP contribution >= 0.6 is 0 Å². The molecule has 0 saturated carbocycles. The van der Waals surface area contributed by atoms with Crippen molar-refractivity contribution in [3.8, 4) is 0 Å². The quantitative estimate of drug-likeness (QED) is 0.283. The number of nitrogens with zero attached hydrogens (tertiary/aromatic N) is 3. The van der Waals surface area contributed by atoms with Gasteiger partial charge >= 0.3 is 5.97 Å². The molecular formula is C20H16FN3O7. The fraction of sp³-hybridized carbons (Fsp3) is 0.200. The van der Waals surface area contributed by atoms with Crippen molar-refractivity contribution in [3.05, 3.63) is 75.1 Å². The number of esters is 1. The fourth-order valence-electron chi connectivity index (χ4n) is 3.04. The highest BCUT2D eigenvalue weighted by atomic mass is 19.1. The van der Waals surface area contributed by atoms with Gasteiger partial charge in [0.05, 0.1) is 10.5 Å². The summed E-state index contributed by atoms with van der Waals surface area (Å²) in [5, 5.41) is 11.1. The summed E-state index contributed by atoms with van der Waals surface area (Å²) >= 11 is 0. The van der Waals surface area contributed by atoms with Gasteiger partial charge in [-0.2, -0.15) is 0 Å². The molecule has 0 spiro atoms. The molecule has 1 aliphatic heterocycles.